The molecular weight excluding hydrogens is 230 g/mol. The molecule has 2 rings (SSSR count). The molecule has 0 bridgehead atoms. The van der Waals surface area contributed by atoms with Gasteiger partial charge in [-0.3, -0.25) is 10.1 Å². The van der Waals surface area contributed by atoms with Crippen LogP contribution in [0.1, 0.15) is 11.5 Å². The van der Waals surface area contributed by atoms with Gasteiger partial charge >= 0.3 is 0 Å². The molecule has 0 aliphatic carbocycles. The lowest BCUT2D eigenvalue weighted by atomic mass is 10.0. The molecule has 6 nitrogen and oxygen atoms in total. The molecule has 88 valence electrons. The molecule has 0 saturated heterocycles. The second-order valence-electron chi connectivity index (χ2n) is 3.43. The van der Waals surface area contributed by atoms with Gasteiger partial charge in [0.2, 0.25) is 11.9 Å². The van der Waals surface area contributed by atoms with E-state index in [1.54, 1.807) is 24.3 Å². The zero-order valence-corrected chi connectivity index (χ0v) is 9.32. The topological polar surface area (TPSA) is 91.6 Å². The Kier molecular flexibility index (Phi) is 3.56. The molecular formula is C12H9N5O. The molecule has 1 heterocycles. The van der Waals surface area contributed by atoms with Gasteiger partial charge in [-0.15, -0.1) is 5.10 Å². The molecule has 1 atom stereocenters. The Morgan fingerprint density at radius 3 is 2.67 bits per heavy atom. The summed E-state index contributed by atoms with van der Waals surface area (Å²) < 4.78 is 0. The van der Waals surface area contributed by atoms with Crippen LogP contribution < -0.4 is 5.32 Å². The summed E-state index contributed by atoms with van der Waals surface area (Å²) in [4.78, 5) is 15.7. The number of nitrogens with zero attached hydrogens (tertiary/aromatic N) is 4. The van der Waals surface area contributed by atoms with E-state index in [-0.39, 0.29) is 5.95 Å². The first-order valence-corrected chi connectivity index (χ1v) is 5.20. The van der Waals surface area contributed by atoms with Gasteiger partial charge in [-0.25, -0.2) is 4.98 Å². The summed E-state index contributed by atoms with van der Waals surface area (Å²) in [6.07, 6.45) is 2.81. The Balaban J connectivity index is 2.15. The van der Waals surface area contributed by atoms with Crippen molar-refractivity contribution in [2.75, 3.05) is 5.32 Å². The summed E-state index contributed by atoms with van der Waals surface area (Å²) in [6.45, 7) is 0. The van der Waals surface area contributed by atoms with Crippen LogP contribution in [0.3, 0.4) is 0 Å². The van der Waals surface area contributed by atoms with Crippen LogP contribution >= 0.6 is 0 Å². The number of carbonyl (C=O) groups excluding carboxylic acids is 1. The number of amides is 1. The summed E-state index contributed by atoms with van der Waals surface area (Å²) in [5, 5.41) is 18.7. The zero-order valence-electron chi connectivity index (χ0n) is 9.32. The molecule has 0 spiro atoms. The Bertz CT molecular complexity index is 564. The van der Waals surface area contributed by atoms with Gasteiger partial charge in [0.05, 0.1) is 18.5 Å². The van der Waals surface area contributed by atoms with Crippen molar-refractivity contribution in [1.82, 2.24) is 15.2 Å². The first kappa shape index (κ1) is 11.7. The van der Waals surface area contributed by atoms with E-state index in [4.69, 9.17) is 5.26 Å². The summed E-state index contributed by atoms with van der Waals surface area (Å²) >= 11 is 0. The molecule has 0 aliphatic rings. The third kappa shape index (κ3) is 2.65. The standard InChI is InChI=1S/C12H9N5O/c13-8-10(9-4-2-1-3-5-9)11(18)16-12-14-6-7-15-17-12/h1-7,10H,(H,14,16,17,18). The lowest BCUT2D eigenvalue weighted by molar-refractivity contribution is -0.116. The van der Waals surface area contributed by atoms with Crippen LogP contribution in [0.4, 0.5) is 5.95 Å². The molecule has 0 fully saturated rings. The monoisotopic (exact) mass is 239 g/mol. The minimum atomic E-state index is -0.894. The molecule has 1 amide bonds. The summed E-state index contributed by atoms with van der Waals surface area (Å²) in [7, 11) is 0. The van der Waals surface area contributed by atoms with Gasteiger partial charge in [0.1, 0.15) is 0 Å². The zero-order chi connectivity index (χ0) is 12.8. The van der Waals surface area contributed by atoms with Gasteiger partial charge in [-0.1, -0.05) is 30.3 Å². The summed E-state index contributed by atoms with van der Waals surface area (Å²) in [5.74, 6) is -1.29. The Morgan fingerprint density at radius 2 is 2.06 bits per heavy atom. The Morgan fingerprint density at radius 1 is 1.28 bits per heavy atom. The number of benzene rings is 1. The lowest BCUT2D eigenvalue weighted by Gasteiger charge is -2.08. The smallest absolute Gasteiger partial charge is 0.249 e. The van der Waals surface area contributed by atoms with Crippen molar-refractivity contribution in [3.05, 3.63) is 48.3 Å². The second-order valence-corrected chi connectivity index (χ2v) is 3.43. The number of hydrogen-bond donors (Lipinski definition) is 1. The van der Waals surface area contributed by atoms with E-state index in [1.807, 2.05) is 12.1 Å². The highest BCUT2D eigenvalue weighted by atomic mass is 16.2. The van der Waals surface area contributed by atoms with Crippen molar-refractivity contribution in [3.63, 3.8) is 0 Å². The van der Waals surface area contributed by atoms with Crippen molar-refractivity contribution in [1.29, 1.82) is 5.26 Å². The molecule has 0 aliphatic heterocycles. The molecule has 18 heavy (non-hydrogen) atoms. The molecule has 1 aromatic carbocycles. The van der Waals surface area contributed by atoms with Crippen LogP contribution in [-0.2, 0) is 4.79 Å². The molecule has 1 aromatic heterocycles. The van der Waals surface area contributed by atoms with Gasteiger partial charge in [0, 0.05) is 0 Å². The summed E-state index contributed by atoms with van der Waals surface area (Å²) in [5.41, 5.74) is 0.626. The quantitative estimate of drug-likeness (QED) is 0.866. The number of anilines is 1. The van der Waals surface area contributed by atoms with E-state index in [0.717, 1.165) is 0 Å². The number of carbonyl (C=O) groups is 1. The van der Waals surface area contributed by atoms with Crippen LogP contribution in [-0.4, -0.2) is 21.1 Å². The SMILES string of the molecule is N#CC(C(=O)Nc1nccnn1)c1ccccc1. The van der Waals surface area contributed by atoms with Crippen molar-refractivity contribution in [2.45, 2.75) is 5.92 Å². The van der Waals surface area contributed by atoms with Crippen molar-refractivity contribution >= 4 is 11.9 Å². The van der Waals surface area contributed by atoms with Gasteiger partial charge in [-0.2, -0.15) is 10.4 Å². The van der Waals surface area contributed by atoms with E-state index in [2.05, 4.69) is 20.5 Å². The maximum atomic E-state index is 11.9. The highest BCUT2D eigenvalue weighted by Crippen LogP contribution is 2.15. The average molecular weight is 239 g/mol. The van der Waals surface area contributed by atoms with Crippen LogP contribution in [0.15, 0.2) is 42.7 Å². The van der Waals surface area contributed by atoms with Gasteiger partial charge < -0.3 is 0 Å². The third-order valence-corrected chi connectivity index (χ3v) is 2.24. The molecule has 0 radical (unpaired) electrons. The number of nitriles is 1. The lowest BCUT2D eigenvalue weighted by Crippen LogP contribution is -2.21. The Hall–Kier alpha value is -2.81. The summed E-state index contributed by atoms with van der Waals surface area (Å²) in [6, 6.07) is 10.8. The molecule has 6 heteroatoms. The van der Waals surface area contributed by atoms with Gasteiger partial charge in [-0.05, 0) is 5.56 Å². The van der Waals surface area contributed by atoms with Crippen LogP contribution in [0.2, 0.25) is 0 Å². The van der Waals surface area contributed by atoms with Crippen LogP contribution in [0, 0.1) is 11.3 Å². The maximum Gasteiger partial charge on any atom is 0.249 e. The number of hydrogen-bond acceptors (Lipinski definition) is 5. The van der Waals surface area contributed by atoms with E-state index >= 15 is 0 Å². The minimum absolute atomic E-state index is 0.0821. The number of nitrogens with one attached hydrogen (secondary N) is 1. The predicted octanol–water partition coefficient (Wildman–Crippen LogP) is 1.12. The molecule has 0 saturated carbocycles. The fourth-order valence-corrected chi connectivity index (χ4v) is 1.42. The largest absolute Gasteiger partial charge is 0.292 e. The number of aromatic nitrogens is 3. The van der Waals surface area contributed by atoms with E-state index in [0.29, 0.717) is 5.56 Å². The maximum absolute atomic E-state index is 11.9. The van der Waals surface area contributed by atoms with E-state index in [1.165, 1.54) is 12.4 Å². The van der Waals surface area contributed by atoms with Crippen LogP contribution in [0.5, 0.6) is 0 Å². The first-order chi connectivity index (χ1) is 8.81. The van der Waals surface area contributed by atoms with Crippen molar-refractivity contribution < 1.29 is 4.79 Å². The minimum Gasteiger partial charge on any atom is -0.292 e. The average Bonchev–Trinajstić information content (AvgIpc) is 2.42. The van der Waals surface area contributed by atoms with Gasteiger partial charge in [0.15, 0.2) is 5.92 Å². The van der Waals surface area contributed by atoms with Crippen LogP contribution in [0.25, 0.3) is 0 Å². The highest BCUT2D eigenvalue weighted by molar-refractivity contribution is 5.96. The van der Waals surface area contributed by atoms with E-state index in [9.17, 15) is 4.79 Å². The third-order valence-electron chi connectivity index (χ3n) is 2.24. The van der Waals surface area contributed by atoms with Crippen molar-refractivity contribution in [3.8, 4) is 6.07 Å². The highest BCUT2D eigenvalue weighted by Gasteiger charge is 2.20. The molecule has 1 unspecified atom stereocenters. The fraction of sp³-hybridized carbons (Fsp3) is 0.0833. The molecule has 1 N–H and O–H groups in total. The Labute approximate surface area is 103 Å². The normalized spacial score (nSPS) is 11.3. The second kappa shape index (κ2) is 5.50. The predicted molar refractivity (Wildman–Crippen MR) is 63.3 cm³/mol. The first-order valence-electron chi connectivity index (χ1n) is 5.20. The van der Waals surface area contributed by atoms with Crippen molar-refractivity contribution in [2.24, 2.45) is 0 Å². The van der Waals surface area contributed by atoms with Gasteiger partial charge in [0.25, 0.3) is 0 Å². The van der Waals surface area contributed by atoms with E-state index < -0.39 is 11.8 Å². The molecule has 2 aromatic rings. The fourth-order valence-electron chi connectivity index (χ4n) is 1.42. The number of rotatable bonds is 3.